The molecule has 2 aromatic rings. The highest BCUT2D eigenvalue weighted by Crippen LogP contribution is 2.19. The van der Waals surface area contributed by atoms with Crippen LogP contribution in [0.25, 0.3) is 0 Å². The van der Waals surface area contributed by atoms with Crippen LogP contribution in [-0.4, -0.2) is 41.6 Å². The molecule has 0 heterocycles. The third-order valence-electron chi connectivity index (χ3n) is 3.95. The summed E-state index contributed by atoms with van der Waals surface area (Å²) in [7, 11) is -2.17. The molecule has 24 heavy (non-hydrogen) atoms. The van der Waals surface area contributed by atoms with Gasteiger partial charge in [0.1, 0.15) is 11.5 Å². The second-order valence-electron chi connectivity index (χ2n) is 5.50. The van der Waals surface area contributed by atoms with Gasteiger partial charge in [0.25, 0.3) is 0 Å². The van der Waals surface area contributed by atoms with Gasteiger partial charge in [0.15, 0.2) is 0 Å². The summed E-state index contributed by atoms with van der Waals surface area (Å²) in [4.78, 5) is 0. The molecule has 0 aliphatic heterocycles. The first-order valence-corrected chi connectivity index (χ1v) is 11.9. The second-order valence-corrected chi connectivity index (χ2v) is 12.1. The highest BCUT2D eigenvalue weighted by atomic mass is 28.5. The molecule has 2 atom stereocenters. The Kier molecular flexibility index (Phi) is 6.76. The fraction of sp³-hybridized carbons (Fsp3) is 0.294. The van der Waals surface area contributed by atoms with Gasteiger partial charge < -0.3 is 23.2 Å². The molecular formula is C17H26O5Si2. The van der Waals surface area contributed by atoms with Crippen molar-refractivity contribution in [3.8, 4) is 11.5 Å². The second kappa shape index (κ2) is 7.95. The van der Waals surface area contributed by atoms with Crippen molar-refractivity contribution in [1.29, 1.82) is 0 Å². The van der Waals surface area contributed by atoms with Crippen LogP contribution in [-0.2, 0) is 13.0 Å². The average Bonchev–Trinajstić information content (AvgIpc) is 2.55. The molecule has 5 nitrogen and oxygen atoms in total. The van der Waals surface area contributed by atoms with Gasteiger partial charge in [-0.3, -0.25) is 0 Å². The molecule has 0 aliphatic rings. The van der Waals surface area contributed by atoms with Gasteiger partial charge in [0.05, 0.1) is 0 Å². The standard InChI is InChI=1S/C16H22O5Si2.CH4/c1-19-22(3,15-9-5-13(17)6-10-15)21-23(4,20-2)16-11-7-14(18)8-12-16;/h5-12,17-18H,1-4H3;1H4. The van der Waals surface area contributed by atoms with E-state index in [1.54, 1.807) is 38.5 Å². The van der Waals surface area contributed by atoms with Gasteiger partial charge in [-0.05, 0) is 47.7 Å². The van der Waals surface area contributed by atoms with E-state index < -0.39 is 17.1 Å². The number of aromatic hydroxyl groups is 2. The Labute approximate surface area is 146 Å². The summed E-state index contributed by atoms with van der Waals surface area (Å²) in [5, 5.41) is 20.8. The van der Waals surface area contributed by atoms with E-state index in [0.29, 0.717) is 0 Å². The van der Waals surface area contributed by atoms with Crippen LogP contribution >= 0.6 is 0 Å². The first-order chi connectivity index (χ1) is 10.8. The van der Waals surface area contributed by atoms with Crippen LogP contribution in [0.4, 0.5) is 0 Å². The Morgan fingerprint density at radius 1 is 0.667 bits per heavy atom. The molecule has 2 rings (SSSR count). The van der Waals surface area contributed by atoms with Crippen molar-refractivity contribution in [1.82, 2.24) is 0 Å². The van der Waals surface area contributed by atoms with Crippen molar-refractivity contribution in [3.63, 3.8) is 0 Å². The predicted molar refractivity (Wildman–Crippen MR) is 101 cm³/mol. The van der Waals surface area contributed by atoms with Crippen LogP contribution in [0, 0.1) is 0 Å². The predicted octanol–water partition coefficient (Wildman–Crippen LogP) is 2.30. The lowest BCUT2D eigenvalue weighted by atomic mass is 10.3. The summed E-state index contributed by atoms with van der Waals surface area (Å²) in [6, 6.07) is 13.7. The summed E-state index contributed by atoms with van der Waals surface area (Å²) < 4.78 is 17.9. The molecule has 2 unspecified atom stereocenters. The number of phenolic OH excluding ortho intramolecular Hbond substituents is 2. The largest absolute Gasteiger partial charge is 0.508 e. The number of rotatable bonds is 6. The van der Waals surface area contributed by atoms with E-state index >= 15 is 0 Å². The van der Waals surface area contributed by atoms with Crippen LogP contribution in [0.1, 0.15) is 7.43 Å². The molecule has 0 aliphatic carbocycles. The Balaban J connectivity index is 0.00000288. The van der Waals surface area contributed by atoms with E-state index in [4.69, 9.17) is 13.0 Å². The van der Waals surface area contributed by atoms with Crippen LogP contribution in [0.15, 0.2) is 48.5 Å². The fourth-order valence-corrected chi connectivity index (χ4v) is 8.94. The highest BCUT2D eigenvalue weighted by molar-refractivity contribution is 6.92. The summed E-state index contributed by atoms with van der Waals surface area (Å²) in [6.45, 7) is 3.90. The zero-order valence-electron chi connectivity index (χ0n) is 13.7. The molecule has 0 bridgehead atoms. The summed E-state index contributed by atoms with van der Waals surface area (Å²) in [5.41, 5.74) is 0. The topological polar surface area (TPSA) is 68.2 Å². The minimum atomic E-state index is -2.71. The van der Waals surface area contributed by atoms with E-state index in [0.717, 1.165) is 10.4 Å². The molecule has 0 aromatic heterocycles. The molecule has 0 amide bonds. The smallest absolute Gasteiger partial charge is 0.360 e. The maximum Gasteiger partial charge on any atom is 0.360 e. The lowest BCUT2D eigenvalue weighted by Gasteiger charge is -2.35. The third-order valence-corrected chi connectivity index (χ3v) is 11.4. The van der Waals surface area contributed by atoms with Gasteiger partial charge in [-0.15, -0.1) is 0 Å². The Morgan fingerprint density at radius 3 is 1.21 bits per heavy atom. The average molecular weight is 367 g/mol. The summed E-state index contributed by atoms with van der Waals surface area (Å²) in [5.74, 6) is 0.401. The molecule has 2 N–H and O–H groups in total. The molecule has 132 valence electrons. The normalized spacial score (nSPS) is 15.8. The van der Waals surface area contributed by atoms with E-state index in [1.165, 1.54) is 0 Å². The SMILES string of the molecule is C.CO[Si](C)(O[Si](C)(OC)c1ccc(O)cc1)c1ccc(O)cc1. The monoisotopic (exact) mass is 366 g/mol. The maximum absolute atomic E-state index is 9.47. The van der Waals surface area contributed by atoms with Gasteiger partial charge in [0.2, 0.25) is 0 Å². The molecule has 0 saturated carbocycles. The Hall–Kier alpha value is -1.65. The minimum Gasteiger partial charge on any atom is -0.508 e. The van der Waals surface area contributed by atoms with E-state index in [9.17, 15) is 10.2 Å². The van der Waals surface area contributed by atoms with Crippen LogP contribution in [0.3, 0.4) is 0 Å². The molecular weight excluding hydrogens is 340 g/mol. The van der Waals surface area contributed by atoms with Crippen LogP contribution in [0.5, 0.6) is 11.5 Å². The van der Waals surface area contributed by atoms with Gasteiger partial charge >= 0.3 is 17.1 Å². The van der Waals surface area contributed by atoms with Crippen molar-refractivity contribution in [2.24, 2.45) is 0 Å². The van der Waals surface area contributed by atoms with Crippen molar-refractivity contribution < 1.29 is 23.2 Å². The lowest BCUT2D eigenvalue weighted by Crippen LogP contribution is -2.63. The summed E-state index contributed by atoms with van der Waals surface area (Å²) >= 11 is 0. The molecule has 0 saturated heterocycles. The molecule has 2 aromatic carbocycles. The van der Waals surface area contributed by atoms with Crippen LogP contribution < -0.4 is 10.4 Å². The van der Waals surface area contributed by atoms with Gasteiger partial charge in [-0.25, -0.2) is 0 Å². The highest BCUT2D eigenvalue weighted by Gasteiger charge is 2.45. The first kappa shape index (κ1) is 20.4. The van der Waals surface area contributed by atoms with E-state index in [-0.39, 0.29) is 18.9 Å². The van der Waals surface area contributed by atoms with E-state index in [2.05, 4.69) is 0 Å². The van der Waals surface area contributed by atoms with Crippen molar-refractivity contribution in [3.05, 3.63) is 48.5 Å². The van der Waals surface area contributed by atoms with Gasteiger partial charge in [-0.2, -0.15) is 0 Å². The lowest BCUT2D eigenvalue weighted by molar-refractivity contribution is 0.261. The molecule has 0 spiro atoms. The zero-order valence-corrected chi connectivity index (χ0v) is 15.7. The zero-order chi connectivity index (χ0) is 17.1. The maximum atomic E-state index is 9.47. The number of hydrogen-bond donors (Lipinski definition) is 2. The van der Waals surface area contributed by atoms with Gasteiger partial charge in [0, 0.05) is 14.2 Å². The number of phenols is 2. The summed E-state index contributed by atoms with van der Waals surface area (Å²) in [6.07, 6.45) is 0. The third kappa shape index (κ3) is 4.25. The molecule has 0 fully saturated rings. The first-order valence-electron chi connectivity index (χ1n) is 7.22. The van der Waals surface area contributed by atoms with Gasteiger partial charge in [-0.1, -0.05) is 31.7 Å². The minimum absolute atomic E-state index is 0. The molecule has 0 radical (unpaired) electrons. The van der Waals surface area contributed by atoms with Crippen molar-refractivity contribution >= 4 is 27.5 Å². The van der Waals surface area contributed by atoms with Crippen molar-refractivity contribution in [2.75, 3.05) is 14.2 Å². The Bertz CT molecular complexity index is 590. The quantitative estimate of drug-likeness (QED) is 0.768. The number of hydrogen-bond acceptors (Lipinski definition) is 5. The van der Waals surface area contributed by atoms with Crippen LogP contribution in [0.2, 0.25) is 13.1 Å². The van der Waals surface area contributed by atoms with Crippen molar-refractivity contribution in [2.45, 2.75) is 20.5 Å². The Morgan fingerprint density at radius 2 is 0.958 bits per heavy atom. The molecule has 7 heteroatoms. The fourth-order valence-electron chi connectivity index (χ4n) is 2.34. The van der Waals surface area contributed by atoms with E-state index in [1.807, 2.05) is 37.4 Å². The number of benzene rings is 2.